The molecule has 1 aliphatic heterocycles. The average Bonchev–Trinajstić information content (AvgIpc) is 2.12. The number of hydrogen-bond donors (Lipinski definition) is 0. The van der Waals surface area contributed by atoms with Crippen molar-refractivity contribution in [2.75, 3.05) is 6.54 Å². The molecule has 0 fully saturated rings. The number of hydrogen-bond acceptors (Lipinski definition) is 2. The smallest absolute Gasteiger partial charge is 0.184 e. The van der Waals surface area contributed by atoms with Gasteiger partial charge in [-0.15, -0.1) is 0 Å². The summed E-state index contributed by atoms with van der Waals surface area (Å²) in [5.74, 6) is 0.00148. The van der Waals surface area contributed by atoms with Gasteiger partial charge in [-0.25, -0.2) is 0 Å². The number of carbonyl (C=O) groups is 1. The van der Waals surface area contributed by atoms with Crippen LogP contribution < -0.4 is 0 Å². The minimum absolute atomic E-state index is 0.00148. The molecule has 0 atom stereocenters. The second kappa shape index (κ2) is 2.31. The van der Waals surface area contributed by atoms with Crippen molar-refractivity contribution in [3.05, 3.63) is 35.4 Å². The molecule has 0 radical (unpaired) electrons. The van der Waals surface area contributed by atoms with Crippen molar-refractivity contribution < 1.29 is 6.17 Å². The lowest BCUT2D eigenvalue weighted by atomic mass is 10.0. The third-order valence-corrected chi connectivity index (χ3v) is 1.65. The van der Waals surface area contributed by atoms with Gasteiger partial charge in [0, 0.05) is 17.3 Å². The van der Waals surface area contributed by atoms with Crippen LogP contribution in [0.2, 0.25) is 0 Å². The predicted molar refractivity (Wildman–Crippen MR) is 43.2 cm³/mol. The highest BCUT2D eigenvalue weighted by atomic mass is 16.1. The van der Waals surface area contributed by atoms with Crippen molar-refractivity contribution in [2.45, 2.75) is 0 Å². The maximum Gasteiger partial charge on any atom is 0.184 e. The third kappa shape index (κ3) is 0.963. The molecule has 0 amide bonds. The zero-order valence-corrected chi connectivity index (χ0v) is 5.87. The number of ketones is 1. The summed E-state index contributed by atoms with van der Waals surface area (Å²) in [7, 11) is 0. The first kappa shape index (κ1) is 5.24. The summed E-state index contributed by atoms with van der Waals surface area (Å²) in [6.45, 7) is 0.121. The fraction of sp³-hybridized carbons (Fsp3) is 0.111. The molecule has 11 heavy (non-hydrogen) atoms. The van der Waals surface area contributed by atoms with Gasteiger partial charge in [0.2, 0.25) is 0 Å². The molecular weight excluding hydrogens is 138 g/mol. The van der Waals surface area contributed by atoms with E-state index in [1.165, 1.54) is 0 Å². The van der Waals surface area contributed by atoms with Crippen molar-refractivity contribution in [3.8, 4) is 0 Å². The first-order valence-corrected chi connectivity index (χ1v) is 3.42. The van der Waals surface area contributed by atoms with E-state index in [4.69, 9.17) is 1.37 Å². The average molecular weight is 146 g/mol. The molecule has 0 unspecified atom stereocenters. The van der Waals surface area contributed by atoms with Crippen molar-refractivity contribution in [1.82, 2.24) is 0 Å². The molecule has 0 N–H and O–H groups in total. The molecule has 0 saturated carbocycles. The van der Waals surface area contributed by atoms with Crippen LogP contribution in [-0.2, 0) is 0 Å². The molecule has 0 saturated heterocycles. The minimum Gasteiger partial charge on any atom is -0.292 e. The minimum atomic E-state index is 0.00148. The first-order chi connectivity index (χ1) is 5.79. The van der Waals surface area contributed by atoms with Gasteiger partial charge in [-0.3, -0.25) is 9.79 Å². The molecule has 2 rings (SSSR count). The van der Waals surface area contributed by atoms with Crippen LogP contribution >= 0.6 is 0 Å². The summed E-state index contributed by atoms with van der Waals surface area (Å²) < 4.78 is 7.44. The van der Waals surface area contributed by atoms with Crippen molar-refractivity contribution in [3.63, 3.8) is 0 Å². The molecule has 1 aromatic rings. The monoisotopic (exact) mass is 146 g/mol. The highest BCUT2D eigenvalue weighted by Gasteiger charge is 2.11. The number of benzene rings is 1. The predicted octanol–water partition coefficient (Wildman–Crippen LogP) is 1.30. The van der Waals surface area contributed by atoms with E-state index in [-0.39, 0.29) is 18.5 Å². The van der Waals surface area contributed by atoms with Crippen LogP contribution in [0.5, 0.6) is 0 Å². The number of Topliss-reactive ketones (excluding diaryl/α,β-unsaturated/α-hetero) is 1. The van der Waals surface area contributed by atoms with E-state index in [1.807, 2.05) is 6.07 Å². The van der Waals surface area contributed by atoms with Crippen LogP contribution in [0.1, 0.15) is 17.3 Å². The lowest BCUT2D eigenvalue weighted by Gasteiger charge is -2.06. The van der Waals surface area contributed by atoms with Crippen LogP contribution in [-0.4, -0.2) is 18.5 Å². The van der Waals surface area contributed by atoms with Crippen LogP contribution in [0.25, 0.3) is 0 Å². The molecular formula is C9H7NO. The molecule has 54 valence electrons. The summed E-state index contributed by atoms with van der Waals surface area (Å²) in [5, 5.41) is 0. The van der Waals surface area contributed by atoms with Gasteiger partial charge in [0.15, 0.2) is 5.78 Å². The number of fused-ring (bicyclic) bond motifs is 1. The Labute approximate surface area is 66.0 Å². The lowest BCUT2D eigenvalue weighted by molar-refractivity contribution is 0.100. The number of rotatable bonds is 0. The Balaban J connectivity index is 2.66. The highest BCUT2D eigenvalue weighted by Crippen LogP contribution is 2.10. The van der Waals surface area contributed by atoms with E-state index in [1.54, 1.807) is 18.2 Å². The number of aliphatic imine (C=N–C) groups is 1. The van der Waals surface area contributed by atoms with Gasteiger partial charge in [-0.05, 0) is 0 Å². The molecule has 1 aliphatic rings. The standard InChI is InChI=1S/C9H7NO/c11-9-6-10-5-7-3-1-2-4-8(7)9/h1-5H,6H2/i5D. The van der Waals surface area contributed by atoms with Crippen LogP contribution in [0.3, 0.4) is 0 Å². The Bertz CT molecular complexity index is 371. The van der Waals surface area contributed by atoms with Crippen molar-refractivity contribution in [2.24, 2.45) is 4.99 Å². The fourth-order valence-corrected chi connectivity index (χ4v) is 1.11. The van der Waals surface area contributed by atoms with Crippen LogP contribution in [0.15, 0.2) is 29.3 Å². The van der Waals surface area contributed by atoms with Crippen LogP contribution in [0, 0.1) is 0 Å². The number of carbonyl (C=O) groups excluding carboxylic acids is 1. The molecule has 0 aliphatic carbocycles. The summed E-state index contributed by atoms with van der Waals surface area (Å²) in [5.41, 5.74) is 1.27. The molecule has 2 heteroatoms. The molecule has 0 spiro atoms. The molecule has 0 aromatic heterocycles. The zero-order chi connectivity index (χ0) is 8.55. The molecule has 1 heterocycles. The van der Waals surface area contributed by atoms with Gasteiger partial charge in [0.1, 0.15) is 6.54 Å². The topological polar surface area (TPSA) is 29.4 Å². The molecule has 0 bridgehead atoms. The summed E-state index contributed by atoms with van der Waals surface area (Å²) >= 11 is 0. The maximum atomic E-state index is 11.2. The Morgan fingerprint density at radius 1 is 1.45 bits per heavy atom. The largest absolute Gasteiger partial charge is 0.292 e. The van der Waals surface area contributed by atoms with Gasteiger partial charge in [0.25, 0.3) is 0 Å². The van der Waals surface area contributed by atoms with E-state index in [2.05, 4.69) is 4.99 Å². The van der Waals surface area contributed by atoms with Gasteiger partial charge < -0.3 is 0 Å². The Morgan fingerprint density at radius 3 is 3.09 bits per heavy atom. The Morgan fingerprint density at radius 2 is 2.27 bits per heavy atom. The van der Waals surface area contributed by atoms with E-state index in [0.29, 0.717) is 11.1 Å². The lowest BCUT2D eigenvalue weighted by Crippen LogP contribution is -2.11. The summed E-state index contributed by atoms with van der Waals surface area (Å²) in [6, 6.07) is 7.09. The van der Waals surface area contributed by atoms with E-state index < -0.39 is 0 Å². The van der Waals surface area contributed by atoms with Gasteiger partial charge in [-0.1, -0.05) is 24.3 Å². The SMILES string of the molecule is [2H]C1=NCC(=O)c2ccccc21. The van der Waals surface area contributed by atoms with Gasteiger partial charge in [-0.2, -0.15) is 0 Å². The normalized spacial score (nSPS) is 16.9. The molecule has 1 aromatic carbocycles. The first-order valence-electron chi connectivity index (χ1n) is 3.92. The Hall–Kier alpha value is -1.44. The number of nitrogens with zero attached hydrogens (tertiary/aromatic N) is 1. The summed E-state index contributed by atoms with van der Waals surface area (Å²) in [6.07, 6.45) is 0.213. The van der Waals surface area contributed by atoms with Gasteiger partial charge in [0.05, 0.1) is 1.37 Å². The van der Waals surface area contributed by atoms with E-state index in [9.17, 15) is 4.79 Å². The quantitative estimate of drug-likeness (QED) is 0.542. The highest BCUT2D eigenvalue weighted by molar-refractivity contribution is 6.07. The zero-order valence-electron chi connectivity index (χ0n) is 6.87. The second-order valence-electron chi connectivity index (χ2n) is 2.40. The van der Waals surface area contributed by atoms with E-state index in [0.717, 1.165) is 0 Å². The fourth-order valence-electron chi connectivity index (χ4n) is 1.11. The van der Waals surface area contributed by atoms with Crippen LogP contribution in [0.4, 0.5) is 0 Å². The van der Waals surface area contributed by atoms with E-state index >= 15 is 0 Å². The van der Waals surface area contributed by atoms with Crippen molar-refractivity contribution >= 4 is 12.0 Å². The van der Waals surface area contributed by atoms with Gasteiger partial charge >= 0.3 is 0 Å². The van der Waals surface area contributed by atoms with Crippen molar-refractivity contribution in [1.29, 1.82) is 0 Å². The summed E-state index contributed by atoms with van der Waals surface area (Å²) in [4.78, 5) is 15.0. The third-order valence-electron chi connectivity index (χ3n) is 1.65. The second-order valence-corrected chi connectivity index (χ2v) is 2.40. The maximum absolute atomic E-state index is 11.2. The molecule has 2 nitrogen and oxygen atoms in total. The Kier molecular flexibility index (Phi) is 1.10.